The van der Waals surface area contributed by atoms with Crippen LogP contribution < -0.4 is 0 Å². The lowest BCUT2D eigenvalue weighted by molar-refractivity contribution is 0.182. The number of aromatic nitrogens is 5. The van der Waals surface area contributed by atoms with Crippen molar-refractivity contribution < 1.29 is 12.8 Å². The van der Waals surface area contributed by atoms with Crippen molar-refractivity contribution in [2.24, 2.45) is 5.92 Å². The number of rotatable bonds is 6. The first-order valence-electron chi connectivity index (χ1n) is 13.0. The second-order valence-corrected chi connectivity index (χ2v) is 18.5. The van der Waals surface area contributed by atoms with Crippen LogP contribution in [-0.4, -0.2) is 46.4 Å². The standard InChI is InChI=1S/C27H37N5O3SSi/c1-8-19-15-20(35-37(6,7)27(3,4)5)16-22(19)25-30-29-24-17-28-26-23(32(24)25)13-14-31(26)36(33,34)21-11-9-18(2)10-12-21/h9-14,17,19-20,22H,8,15-16H2,1-7H3/t19-,20-,22+/m1/s1. The van der Waals surface area contributed by atoms with Crippen LogP contribution in [-0.2, 0) is 14.4 Å². The quantitative estimate of drug-likeness (QED) is 0.283. The predicted molar refractivity (Wildman–Crippen MR) is 148 cm³/mol. The Bertz CT molecular complexity index is 1550. The largest absolute Gasteiger partial charge is 0.414 e. The van der Waals surface area contributed by atoms with Gasteiger partial charge < -0.3 is 4.43 Å². The third kappa shape index (κ3) is 4.42. The van der Waals surface area contributed by atoms with Crippen molar-refractivity contribution in [3.8, 4) is 0 Å². The molecule has 10 heteroatoms. The second kappa shape index (κ2) is 9.02. The van der Waals surface area contributed by atoms with Crippen molar-refractivity contribution in [1.82, 2.24) is 23.6 Å². The molecule has 1 aliphatic carbocycles. The Balaban J connectivity index is 1.55. The van der Waals surface area contributed by atoms with Crippen molar-refractivity contribution >= 4 is 35.2 Å². The molecule has 4 aromatic rings. The van der Waals surface area contributed by atoms with E-state index in [1.165, 1.54) is 3.97 Å². The van der Waals surface area contributed by atoms with Gasteiger partial charge in [-0.3, -0.25) is 4.40 Å². The van der Waals surface area contributed by atoms with Crippen molar-refractivity contribution in [2.75, 3.05) is 0 Å². The van der Waals surface area contributed by atoms with Gasteiger partial charge in [-0.1, -0.05) is 51.8 Å². The van der Waals surface area contributed by atoms with E-state index in [0.29, 0.717) is 22.7 Å². The lowest BCUT2D eigenvalue weighted by atomic mass is 9.93. The maximum Gasteiger partial charge on any atom is 0.269 e. The second-order valence-electron chi connectivity index (χ2n) is 11.9. The van der Waals surface area contributed by atoms with Crippen LogP contribution >= 0.6 is 0 Å². The molecule has 3 heterocycles. The molecule has 5 rings (SSSR count). The summed E-state index contributed by atoms with van der Waals surface area (Å²) in [5, 5.41) is 9.19. The summed E-state index contributed by atoms with van der Waals surface area (Å²) >= 11 is 0. The fourth-order valence-corrected chi connectivity index (χ4v) is 7.92. The minimum atomic E-state index is -3.80. The minimum absolute atomic E-state index is 0.151. The van der Waals surface area contributed by atoms with Crippen LogP contribution in [0.4, 0.5) is 0 Å². The maximum absolute atomic E-state index is 13.5. The molecule has 0 amide bonds. The molecule has 0 saturated heterocycles. The van der Waals surface area contributed by atoms with Crippen LogP contribution in [0.3, 0.4) is 0 Å². The molecule has 0 radical (unpaired) electrons. The van der Waals surface area contributed by atoms with Crippen LogP contribution in [0.15, 0.2) is 47.6 Å². The minimum Gasteiger partial charge on any atom is -0.414 e. The zero-order valence-corrected chi connectivity index (χ0v) is 24.6. The summed E-state index contributed by atoms with van der Waals surface area (Å²) in [5.74, 6) is 1.46. The Kier molecular flexibility index (Phi) is 6.36. The molecule has 0 unspecified atom stereocenters. The van der Waals surface area contributed by atoms with E-state index < -0.39 is 18.3 Å². The summed E-state index contributed by atoms with van der Waals surface area (Å²) in [4.78, 5) is 4.72. The molecule has 1 aliphatic rings. The zero-order valence-electron chi connectivity index (χ0n) is 22.8. The van der Waals surface area contributed by atoms with Gasteiger partial charge in [-0.15, -0.1) is 10.2 Å². The van der Waals surface area contributed by atoms with Crippen molar-refractivity contribution in [1.29, 1.82) is 0 Å². The highest BCUT2D eigenvalue weighted by Crippen LogP contribution is 2.46. The van der Waals surface area contributed by atoms with Gasteiger partial charge in [-0.25, -0.2) is 17.4 Å². The van der Waals surface area contributed by atoms with Crippen molar-refractivity contribution in [2.45, 2.75) is 88.9 Å². The van der Waals surface area contributed by atoms with Crippen molar-refractivity contribution in [3.63, 3.8) is 0 Å². The molecule has 3 aromatic heterocycles. The molecule has 198 valence electrons. The molecule has 37 heavy (non-hydrogen) atoms. The first-order chi connectivity index (χ1) is 17.3. The third-order valence-electron chi connectivity index (χ3n) is 8.41. The Morgan fingerprint density at radius 3 is 2.43 bits per heavy atom. The summed E-state index contributed by atoms with van der Waals surface area (Å²) < 4.78 is 37.0. The van der Waals surface area contributed by atoms with E-state index in [2.05, 4.69) is 56.0 Å². The van der Waals surface area contributed by atoms with Gasteiger partial charge in [0.15, 0.2) is 19.6 Å². The highest BCUT2D eigenvalue weighted by Gasteiger charge is 2.44. The molecule has 0 bridgehead atoms. The van der Waals surface area contributed by atoms with E-state index in [-0.39, 0.29) is 22.0 Å². The fourth-order valence-electron chi connectivity index (χ4n) is 5.24. The predicted octanol–water partition coefficient (Wildman–Crippen LogP) is 5.92. The molecule has 0 spiro atoms. The SMILES string of the molecule is CC[C@@H]1C[C@@H](O[Si](C)(C)C(C)(C)C)C[C@@H]1c1nnc2cnc3c(ccn3S(=O)(=O)c3ccc(C)cc3)n12. The smallest absolute Gasteiger partial charge is 0.269 e. The van der Waals surface area contributed by atoms with Crippen LogP contribution in [0.5, 0.6) is 0 Å². The topological polar surface area (TPSA) is 91.4 Å². The summed E-state index contributed by atoms with van der Waals surface area (Å²) in [5.41, 5.74) is 2.69. The van der Waals surface area contributed by atoms with Gasteiger partial charge in [-0.05, 0) is 62.0 Å². The van der Waals surface area contributed by atoms with Gasteiger partial charge in [0, 0.05) is 18.2 Å². The Morgan fingerprint density at radius 1 is 1.08 bits per heavy atom. The normalized spacial score (nSPS) is 21.3. The average Bonchev–Trinajstić information content (AvgIpc) is 3.53. The highest BCUT2D eigenvalue weighted by atomic mass is 32.2. The molecule has 0 aliphatic heterocycles. The maximum atomic E-state index is 13.5. The molecule has 1 saturated carbocycles. The molecular weight excluding hydrogens is 502 g/mol. The number of nitrogens with zero attached hydrogens (tertiary/aromatic N) is 5. The van der Waals surface area contributed by atoms with Gasteiger partial charge in [-0.2, -0.15) is 0 Å². The third-order valence-corrected chi connectivity index (χ3v) is 14.6. The van der Waals surface area contributed by atoms with Gasteiger partial charge in [0.1, 0.15) is 5.82 Å². The lowest BCUT2D eigenvalue weighted by Crippen LogP contribution is -2.43. The molecular formula is C27H37N5O3SSi. The summed E-state index contributed by atoms with van der Waals surface area (Å²) in [6.07, 6.45) is 6.28. The monoisotopic (exact) mass is 539 g/mol. The summed E-state index contributed by atoms with van der Waals surface area (Å²) in [6, 6.07) is 8.66. The number of hydrogen-bond donors (Lipinski definition) is 0. The van der Waals surface area contributed by atoms with Gasteiger partial charge in [0.25, 0.3) is 10.0 Å². The summed E-state index contributed by atoms with van der Waals surface area (Å²) in [6.45, 7) is 15.6. The molecule has 3 atom stereocenters. The first-order valence-corrected chi connectivity index (χ1v) is 17.4. The van der Waals surface area contributed by atoms with Crippen LogP contribution in [0.1, 0.15) is 64.3 Å². The lowest BCUT2D eigenvalue weighted by Gasteiger charge is -2.38. The Hall–Kier alpha value is -2.56. The molecule has 8 nitrogen and oxygen atoms in total. The average molecular weight is 540 g/mol. The van der Waals surface area contributed by atoms with E-state index >= 15 is 0 Å². The Labute approximate surface area is 220 Å². The zero-order chi connectivity index (χ0) is 26.8. The Morgan fingerprint density at radius 2 is 1.78 bits per heavy atom. The number of hydrogen-bond acceptors (Lipinski definition) is 6. The van der Waals surface area contributed by atoms with Crippen LogP contribution in [0, 0.1) is 12.8 Å². The number of fused-ring (bicyclic) bond motifs is 3. The van der Waals surface area contributed by atoms with E-state index in [0.717, 1.165) is 30.7 Å². The highest BCUT2D eigenvalue weighted by molar-refractivity contribution is 7.90. The van der Waals surface area contributed by atoms with E-state index in [1.807, 2.05) is 11.3 Å². The fraction of sp³-hybridized carbons (Fsp3) is 0.519. The number of benzene rings is 1. The summed E-state index contributed by atoms with van der Waals surface area (Å²) in [7, 11) is -5.70. The number of aryl methyl sites for hydroxylation is 1. The van der Waals surface area contributed by atoms with Gasteiger partial charge >= 0.3 is 0 Å². The molecule has 0 N–H and O–H groups in total. The van der Waals surface area contributed by atoms with Gasteiger partial charge in [0.05, 0.1) is 16.6 Å². The van der Waals surface area contributed by atoms with E-state index in [1.54, 1.807) is 42.7 Å². The van der Waals surface area contributed by atoms with E-state index in [4.69, 9.17) is 4.43 Å². The van der Waals surface area contributed by atoms with Crippen molar-refractivity contribution in [3.05, 3.63) is 54.1 Å². The molecule has 1 fully saturated rings. The molecule has 1 aromatic carbocycles. The first kappa shape index (κ1) is 26.1. The van der Waals surface area contributed by atoms with Crippen LogP contribution in [0.25, 0.3) is 16.8 Å². The van der Waals surface area contributed by atoms with Gasteiger partial charge in [0.2, 0.25) is 0 Å². The van der Waals surface area contributed by atoms with E-state index in [9.17, 15) is 8.42 Å². The van der Waals surface area contributed by atoms with Crippen LogP contribution in [0.2, 0.25) is 18.1 Å².